The molecule has 0 aliphatic heterocycles. The maximum Gasteiger partial charge on any atom is 0.337 e. The Morgan fingerprint density at radius 2 is 1.80 bits per heavy atom. The van der Waals surface area contributed by atoms with Crippen LogP contribution < -0.4 is 4.90 Å². The summed E-state index contributed by atoms with van der Waals surface area (Å²) in [6.07, 6.45) is 3.13. The zero-order valence-electron chi connectivity index (χ0n) is 11.2. The van der Waals surface area contributed by atoms with Crippen LogP contribution in [0.3, 0.4) is 0 Å². The molecule has 0 spiro atoms. The predicted molar refractivity (Wildman–Crippen MR) is 74.8 cm³/mol. The van der Waals surface area contributed by atoms with Crippen molar-refractivity contribution in [3.05, 3.63) is 59.9 Å². The minimum atomic E-state index is -0.405. The van der Waals surface area contributed by atoms with E-state index >= 15 is 0 Å². The van der Waals surface area contributed by atoms with Gasteiger partial charge < -0.3 is 9.64 Å². The molecule has 102 valence electrons. The summed E-state index contributed by atoms with van der Waals surface area (Å²) in [5, 5.41) is 0. The fourth-order valence-electron chi connectivity index (χ4n) is 1.74. The van der Waals surface area contributed by atoms with Gasteiger partial charge in [-0.3, -0.25) is 9.78 Å². The highest BCUT2D eigenvalue weighted by molar-refractivity contribution is 6.05. The molecule has 0 saturated heterocycles. The van der Waals surface area contributed by atoms with Crippen molar-refractivity contribution in [3.8, 4) is 0 Å². The zero-order valence-corrected chi connectivity index (χ0v) is 11.2. The van der Waals surface area contributed by atoms with Gasteiger partial charge in [0, 0.05) is 25.1 Å². The Morgan fingerprint density at radius 3 is 2.35 bits per heavy atom. The molecule has 0 radical (unpaired) electrons. The normalized spacial score (nSPS) is 9.90. The van der Waals surface area contributed by atoms with E-state index in [9.17, 15) is 9.59 Å². The van der Waals surface area contributed by atoms with E-state index in [1.165, 1.54) is 18.2 Å². The molecule has 0 N–H and O–H groups in total. The van der Waals surface area contributed by atoms with E-state index in [0.29, 0.717) is 16.8 Å². The van der Waals surface area contributed by atoms with Crippen LogP contribution in [-0.2, 0) is 4.74 Å². The third-order valence-corrected chi connectivity index (χ3v) is 2.89. The number of aromatic nitrogens is 1. The highest BCUT2D eigenvalue weighted by Gasteiger charge is 2.14. The fraction of sp³-hybridized carbons (Fsp3) is 0.133. The van der Waals surface area contributed by atoms with Gasteiger partial charge >= 0.3 is 5.97 Å². The molecule has 0 saturated carbocycles. The van der Waals surface area contributed by atoms with Crippen LogP contribution >= 0.6 is 0 Å². The van der Waals surface area contributed by atoms with Crippen LogP contribution in [0.2, 0.25) is 0 Å². The number of anilines is 1. The first-order valence-corrected chi connectivity index (χ1v) is 6.00. The number of benzene rings is 1. The number of hydrogen-bond donors (Lipinski definition) is 0. The highest BCUT2D eigenvalue weighted by Crippen LogP contribution is 2.16. The number of esters is 1. The Labute approximate surface area is 116 Å². The van der Waals surface area contributed by atoms with E-state index < -0.39 is 5.97 Å². The second kappa shape index (κ2) is 5.97. The second-order valence-corrected chi connectivity index (χ2v) is 4.14. The van der Waals surface area contributed by atoms with Gasteiger partial charge in [-0.15, -0.1) is 0 Å². The first kappa shape index (κ1) is 13.7. The van der Waals surface area contributed by atoms with E-state index in [0.717, 1.165) is 0 Å². The lowest BCUT2D eigenvalue weighted by molar-refractivity contribution is 0.0600. The van der Waals surface area contributed by atoms with E-state index in [1.54, 1.807) is 49.6 Å². The molecule has 0 unspecified atom stereocenters. The molecule has 0 aliphatic rings. The average molecular weight is 270 g/mol. The number of nitrogens with zero attached hydrogens (tertiary/aromatic N) is 2. The van der Waals surface area contributed by atoms with Gasteiger partial charge in [-0.05, 0) is 36.4 Å². The molecule has 1 heterocycles. The summed E-state index contributed by atoms with van der Waals surface area (Å²) in [6.45, 7) is 0. The number of hydrogen-bond acceptors (Lipinski definition) is 4. The largest absolute Gasteiger partial charge is 0.465 e. The molecule has 2 rings (SSSR count). The van der Waals surface area contributed by atoms with Gasteiger partial charge in [0.2, 0.25) is 0 Å². The van der Waals surface area contributed by atoms with Crippen LogP contribution in [0.4, 0.5) is 5.69 Å². The summed E-state index contributed by atoms with van der Waals surface area (Å²) < 4.78 is 4.63. The average Bonchev–Trinajstić information content (AvgIpc) is 2.53. The third-order valence-electron chi connectivity index (χ3n) is 2.89. The fourth-order valence-corrected chi connectivity index (χ4v) is 1.74. The third kappa shape index (κ3) is 2.83. The Balaban J connectivity index is 2.19. The quantitative estimate of drug-likeness (QED) is 0.802. The molecule has 5 nitrogen and oxygen atoms in total. The van der Waals surface area contributed by atoms with Crippen LogP contribution in [0.15, 0.2) is 48.8 Å². The molecule has 5 heteroatoms. The molecule has 1 aromatic heterocycles. The lowest BCUT2D eigenvalue weighted by Crippen LogP contribution is -2.26. The maximum absolute atomic E-state index is 12.2. The molecular weight excluding hydrogens is 256 g/mol. The van der Waals surface area contributed by atoms with Crippen LogP contribution in [0.5, 0.6) is 0 Å². The van der Waals surface area contributed by atoms with E-state index in [1.807, 2.05) is 0 Å². The van der Waals surface area contributed by atoms with Gasteiger partial charge in [-0.1, -0.05) is 0 Å². The molecule has 0 bridgehead atoms. The summed E-state index contributed by atoms with van der Waals surface area (Å²) in [6, 6.07) is 10.0. The molecule has 0 fully saturated rings. The van der Waals surface area contributed by atoms with Crippen LogP contribution in [0, 0.1) is 0 Å². The first-order valence-electron chi connectivity index (χ1n) is 6.00. The smallest absolute Gasteiger partial charge is 0.337 e. The lowest BCUT2D eigenvalue weighted by Gasteiger charge is -2.17. The van der Waals surface area contributed by atoms with Crippen molar-refractivity contribution in [2.75, 3.05) is 19.1 Å². The van der Waals surface area contributed by atoms with Gasteiger partial charge in [0.05, 0.1) is 18.2 Å². The summed E-state index contributed by atoms with van der Waals surface area (Å²) >= 11 is 0. The number of amides is 1. The van der Waals surface area contributed by atoms with Crippen LogP contribution in [-0.4, -0.2) is 31.0 Å². The van der Waals surface area contributed by atoms with E-state index in [-0.39, 0.29) is 5.91 Å². The monoisotopic (exact) mass is 270 g/mol. The van der Waals surface area contributed by atoms with Crippen LogP contribution in [0.1, 0.15) is 20.7 Å². The SMILES string of the molecule is COC(=O)c1ccc(N(C)C(=O)c2cccnc2)cc1. The van der Waals surface area contributed by atoms with Crippen molar-refractivity contribution in [3.63, 3.8) is 0 Å². The van der Waals surface area contributed by atoms with Crippen molar-refractivity contribution >= 4 is 17.6 Å². The van der Waals surface area contributed by atoms with Crippen LogP contribution in [0.25, 0.3) is 0 Å². The number of pyridine rings is 1. The van der Waals surface area contributed by atoms with Crippen molar-refractivity contribution in [1.82, 2.24) is 4.98 Å². The summed E-state index contributed by atoms with van der Waals surface area (Å²) in [7, 11) is 3.00. The Bertz CT molecular complexity index is 609. The predicted octanol–water partition coefficient (Wildman–Crippen LogP) is 2.14. The number of carbonyl (C=O) groups excluding carboxylic acids is 2. The van der Waals surface area contributed by atoms with Gasteiger partial charge in [0.25, 0.3) is 5.91 Å². The van der Waals surface area contributed by atoms with Gasteiger partial charge in [0.15, 0.2) is 0 Å². The summed E-state index contributed by atoms with van der Waals surface area (Å²) in [5.41, 5.74) is 1.64. The van der Waals surface area contributed by atoms with Gasteiger partial charge in [0.1, 0.15) is 0 Å². The second-order valence-electron chi connectivity index (χ2n) is 4.14. The van der Waals surface area contributed by atoms with E-state index in [2.05, 4.69) is 9.72 Å². The topological polar surface area (TPSA) is 59.5 Å². The number of rotatable bonds is 3. The lowest BCUT2D eigenvalue weighted by atomic mass is 10.2. The van der Waals surface area contributed by atoms with Crippen molar-refractivity contribution < 1.29 is 14.3 Å². The summed E-state index contributed by atoms with van der Waals surface area (Å²) in [4.78, 5) is 29.0. The Morgan fingerprint density at radius 1 is 1.10 bits per heavy atom. The van der Waals surface area contributed by atoms with Crippen molar-refractivity contribution in [1.29, 1.82) is 0 Å². The molecule has 1 amide bonds. The molecule has 20 heavy (non-hydrogen) atoms. The molecule has 2 aromatic rings. The molecule has 0 atom stereocenters. The molecule has 0 aliphatic carbocycles. The zero-order chi connectivity index (χ0) is 14.5. The maximum atomic E-state index is 12.2. The molecular formula is C15H14N2O3. The summed E-state index contributed by atoms with van der Waals surface area (Å²) in [5.74, 6) is -0.568. The van der Waals surface area contributed by atoms with E-state index in [4.69, 9.17) is 0 Å². The Kier molecular flexibility index (Phi) is 4.10. The first-order chi connectivity index (χ1) is 9.63. The van der Waals surface area contributed by atoms with Gasteiger partial charge in [-0.2, -0.15) is 0 Å². The number of carbonyl (C=O) groups is 2. The number of ether oxygens (including phenoxy) is 1. The van der Waals surface area contributed by atoms with Crippen molar-refractivity contribution in [2.45, 2.75) is 0 Å². The standard InChI is InChI=1S/C15H14N2O3/c1-17(14(18)12-4-3-9-16-10-12)13-7-5-11(6-8-13)15(19)20-2/h3-10H,1-2H3. The minimum absolute atomic E-state index is 0.163. The Hall–Kier alpha value is -2.69. The highest BCUT2D eigenvalue weighted by atomic mass is 16.5. The van der Waals surface area contributed by atoms with Crippen molar-refractivity contribution in [2.24, 2.45) is 0 Å². The number of methoxy groups -OCH3 is 1. The minimum Gasteiger partial charge on any atom is -0.465 e. The molecule has 1 aromatic carbocycles. The van der Waals surface area contributed by atoms with Gasteiger partial charge in [-0.25, -0.2) is 4.79 Å².